The lowest BCUT2D eigenvalue weighted by Gasteiger charge is -2.13. The molecule has 1 aliphatic rings. The summed E-state index contributed by atoms with van der Waals surface area (Å²) in [6.45, 7) is 0.869. The Morgan fingerprint density at radius 3 is 2.47 bits per heavy atom. The van der Waals surface area contributed by atoms with E-state index in [2.05, 4.69) is 40.2 Å². The molecule has 36 heavy (non-hydrogen) atoms. The first-order valence-corrected chi connectivity index (χ1v) is 13.0. The number of carbonyl (C=O) groups is 2. The summed E-state index contributed by atoms with van der Waals surface area (Å²) in [6, 6.07) is 29.3. The van der Waals surface area contributed by atoms with Crippen LogP contribution in [0.1, 0.15) is 11.1 Å². The monoisotopic (exact) mass is 559 g/mol. The van der Waals surface area contributed by atoms with E-state index in [9.17, 15) is 9.59 Å². The molecule has 0 spiro atoms. The molecule has 7 heteroatoms. The molecule has 0 aliphatic carbocycles. The van der Waals surface area contributed by atoms with Crippen molar-refractivity contribution in [2.75, 3.05) is 13.2 Å². The molecule has 0 saturated carbocycles. The van der Waals surface area contributed by atoms with Crippen molar-refractivity contribution in [2.24, 2.45) is 0 Å². The summed E-state index contributed by atoms with van der Waals surface area (Å²) < 4.78 is 12.5. The predicted octanol–water partition coefficient (Wildman–Crippen LogP) is 7.30. The van der Waals surface area contributed by atoms with Gasteiger partial charge in [-0.15, -0.1) is 0 Å². The molecule has 4 aromatic rings. The zero-order valence-corrected chi connectivity index (χ0v) is 21.6. The second kappa shape index (κ2) is 11.0. The normalized spacial score (nSPS) is 14.6. The van der Waals surface area contributed by atoms with Crippen LogP contribution in [0.4, 0.5) is 4.79 Å². The van der Waals surface area contributed by atoms with Gasteiger partial charge in [0.1, 0.15) is 24.7 Å². The average Bonchev–Trinajstić information content (AvgIpc) is 3.16. The number of hydrogen-bond donors (Lipinski definition) is 0. The van der Waals surface area contributed by atoms with Gasteiger partial charge in [-0.05, 0) is 79.9 Å². The first-order chi connectivity index (χ1) is 17.6. The molecule has 0 aromatic heterocycles. The average molecular weight is 560 g/mol. The number of fused-ring (bicyclic) bond motifs is 1. The van der Waals surface area contributed by atoms with Crippen LogP contribution in [0, 0.1) is 0 Å². The summed E-state index contributed by atoms with van der Waals surface area (Å²) in [5, 5.41) is 2.04. The van der Waals surface area contributed by atoms with E-state index < -0.39 is 0 Å². The lowest BCUT2D eigenvalue weighted by molar-refractivity contribution is -0.123. The van der Waals surface area contributed by atoms with Gasteiger partial charge >= 0.3 is 0 Å². The van der Waals surface area contributed by atoms with Crippen molar-refractivity contribution in [1.29, 1.82) is 0 Å². The highest BCUT2D eigenvalue weighted by Gasteiger charge is 2.34. The topological polar surface area (TPSA) is 55.8 Å². The van der Waals surface area contributed by atoms with Gasteiger partial charge in [0.15, 0.2) is 0 Å². The largest absolute Gasteiger partial charge is 0.492 e. The van der Waals surface area contributed by atoms with E-state index >= 15 is 0 Å². The third-order valence-corrected chi connectivity index (χ3v) is 7.24. The van der Waals surface area contributed by atoms with Gasteiger partial charge in [0.2, 0.25) is 0 Å². The first kappa shape index (κ1) is 24.2. The molecule has 1 saturated heterocycles. The third-order valence-electron chi connectivity index (χ3n) is 5.72. The van der Waals surface area contributed by atoms with Gasteiger partial charge < -0.3 is 9.47 Å². The standard InChI is InChI=1S/C29H22BrNO4S/c30-25-17-20(13-14-26(25)35-19-22-9-6-8-21-7-4-5-12-24(21)22)18-27-28(32)31(29(33)36-27)15-16-34-23-10-2-1-3-11-23/h1-14,17-18H,15-16,19H2/b27-18-. The minimum absolute atomic E-state index is 0.196. The number of para-hydroxylation sites is 1. The third kappa shape index (κ3) is 5.48. The molecule has 0 unspecified atom stereocenters. The van der Waals surface area contributed by atoms with E-state index in [1.165, 1.54) is 10.3 Å². The molecule has 0 bridgehead atoms. The van der Waals surface area contributed by atoms with E-state index in [1.807, 2.05) is 66.7 Å². The zero-order valence-electron chi connectivity index (χ0n) is 19.2. The highest BCUT2D eigenvalue weighted by molar-refractivity contribution is 9.10. The number of carbonyl (C=O) groups excluding carboxylic acids is 2. The van der Waals surface area contributed by atoms with E-state index in [4.69, 9.17) is 9.47 Å². The summed E-state index contributed by atoms with van der Waals surface area (Å²) in [4.78, 5) is 26.8. The summed E-state index contributed by atoms with van der Waals surface area (Å²) in [5.41, 5.74) is 1.90. The first-order valence-electron chi connectivity index (χ1n) is 11.4. The highest BCUT2D eigenvalue weighted by atomic mass is 79.9. The number of ether oxygens (including phenoxy) is 2. The van der Waals surface area contributed by atoms with Crippen LogP contribution in [0.25, 0.3) is 16.8 Å². The fraction of sp³-hybridized carbons (Fsp3) is 0.103. The molecule has 5 nitrogen and oxygen atoms in total. The van der Waals surface area contributed by atoms with Gasteiger partial charge in [-0.1, -0.05) is 66.7 Å². The summed E-state index contributed by atoms with van der Waals surface area (Å²) in [7, 11) is 0. The SMILES string of the molecule is O=C1S/C(=C\c2ccc(OCc3cccc4ccccc34)c(Br)c2)C(=O)N1CCOc1ccccc1. The van der Waals surface area contributed by atoms with Crippen LogP contribution in [0.15, 0.2) is 100 Å². The number of imide groups is 1. The fourth-order valence-electron chi connectivity index (χ4n) is 3.91. The quantitative estimate of drug-likeness (QED) is 0.212. The fourth-order valence-corrected chi connectivity index (χ4v) is 5.29. The second-order valence-electron chi connectivity index (χ2n) is 8.11. The Morgan fingerprint density at radius 1 is 0.861 bits per heavy atom. The van der Waals surface area contributed by atoms with Crippen LogP contribution in [0.5, 0.6) is 11.5 Å². The molecule has 0 N–H and O–H groups in total. The molecule has 1 heterocycles. The molecule has 4 aromatic carbocycles. The van der Waals surface area contributed by atoms with Crippen LogP contribution in [0.3, 0.4) is 0 Å². The van der Waals surface area contributed by atoms with Crippen molar-refractivity contribution >= 4 is 55.7 Å². The van der Waals surface area contributed by atoms with Crippen molar-refractivity contribution in [3.63, 3.8) is 0 Å². The van der Waals surface area contributed by atoms with Crippen molar-refractivity contribution in [2.45, 2.75) is 6.61 Å². The molecule has 2 amide bonds. The number of halogens is 1. The van der Waals surface area contributed by atoms with Crippen molar-refractivity contribution < 1.29 is 19.1 Å². The minimum atomic E-state index is -0.311. The lowest BCUT2D eigenvalue weighted by atomic mass is 10.1. The maximum Gasteiger partial charge on any atom is 0.293 e. The van der Waals surface area contributed by atoms with Gasteiger partial charge in [0, 0.05) is 0 Å². The number of nitrogens with zero attached hydrogens (tertiary/aromatic N) is 1. The minimum Gasteiger partial charge on any atom is -0.492 e. The number of thioether (sulfide) groups is 1. The lowest BCUT2D eigenvalue weighted by Crippen LogP contribution is -2.32. The Morgan fingerprint density at radius 2 is 1.64 bits per heavy atom. The Balaban J connectivity index is 1.23. The maximum atomic E-state index is 12.8. The van der Waals surface area contributed by atoms with Crippen LogP contribution in [-0.2, 0) is 11.4 Å². The van der Waals surface area contributed by atoms with Crippen molar-refractivity contribution in [1.82, 2.24) is 4.90 Å². The molecule has 0 atom stereocenters. The van der Waals surface area contributed by atoms with E-state index in [-0.39, 0.29) is 24.3 Å². The Kier molecular flexibility index (Phi) is 7.39. The summed E-state index contributed by atoms with van der Waals surface area (Å²) in [6.07, 6.45) is 1.72. The molecule has 1 aliphatic heterocycles. The van der Waals surface area contributed by atoms with Gasteiger partial charge in [-0.3, -0.25) is 14.5 Å². The summed E-state index contributed by atoms with van der Waals surface area (Å²) in [5.74, 6) is 1.09. The zero-order chi connectivity index (χ0) is 24.9. The number of rotatable bonds is 8. The van der Waals surface area contributed by atoms with E-state index in [0.717, 1.165) is 32.7 Å². The summed E-state index contributed by atoms with van der Waals surface area (Å²) >= 11 is 4.51. The van der Waals surface area contributed by atoms with Crippen LogP contribution in [0.2, 0.25) is 0 Å². The maximum absolute atomic E-state index is 12.8. The molecule has 180 valence electrons. The van der Waals surface area contributed by atoms with Gasteiger partial charge in [0.25, 0.3) is 11.1 Å². The van der Waals surface area contributed by atoms with Crippen molar-refractivity contribution in [3.05, 3.63) is 112 Å². The molecule has 5 rings (SSSR count). The van der Waals surface area contributed by atoms with Crippen LogP contribution in [-0.4, -0.2) is 29.2 Å². The molecule has 1 fully saturated rings. The number of amides is 2. The van der Waals surface area contributed by atoms with E-state index in [0.29, 0.717) is 23.0 Å². The second-order valence-corrected chi connectivity index (χ2v) is 9.96. The van der Waals surface area contributed by atoms with Crippen LogP contribution >= 0.6 is 27.7 Å². The molecular formula is C29H22BrNO4S. The highest BCUT2D eigenvalue weighted by Crippen LogP contribution is 2.34. The predicted molar refractivity (Wildman–Crippen MR) is 147 cm³/mol. The van der Waals surface area contributed by atoms with Gasteiger partial charge in [-0.2, -0.15) is 0 Å². The smallest absolute Gasteiger partial charge is 0.293 e. The Hall–Kier alpha value is -3.55. The Bertz CT molecular complexity index is 1450. The number of benzene rings is 4. The van der Waals surface area contributed by atoms with Gasteiger partial charge in [-0.25, -0.2) is 0 Å². The molecule has 0 radical (unpaired) electrons. The van der Waals surface area contributed by atoms with Crippen LogP contribution < -0.4 is 9.47 Å². The number of hydrogen-bond acceptors (Lipinski definition) is 5. The van der Waals surface area contributed by atoms with Crippen molar-refractivity contribution in [3.8, 4) is 11.5 Å². The van der Waals surface area contributed by atoms with E-state index in [1.54, 1.807) is 6.08 Å². The Labute approximate surface area is 221 Å². The van der Waals surface area contributed by atoms with Gasteiger partial charge in [0.05, 0.1) is 15.9 Å². The molecular weight excluding hydrogens is 538 g/mol.